The van der Waals surface area contributed by atoms with Gasteiger partial charge in [-0.1, -0.05) is 0 Å². The second-order valence-corrected chi connectivity index (χ2v) is 2.92. The average Bonchev–Trinajstić information content (AvgIpc) is 2.19. The van der Waals surface area contributed by atoms with Crippen molar-refractivity contribution < 1.29 is 5.11 Å². The molecule has 78 valence electrons. The van der Waals surface area contributed by atoms with Crippen LogP contribution in [0.25, 0.3) is 0 Å². The summed E-state index contributed by atoms with van der Waals surface area (Å²) in [5, 5.41) is 20.9. The molecule has 6 heteroatoms. The summed E-state index contributed by atoms with van der Waals surface area (Å²) in [5.41, 5.74) is -0.988. The third-order valence-corrected chi connectivity index (χ3v) is 2.18. The van der Waals surface area contributed by atoms with Crippen LogP contribution in [-0.2, 0) is 6.54 Å². The van der Waals surface area contributed by atoms with Crippen LogP contribution in [0, 0.1) is 23.2 Å². The molecule has 0 unspecified atom stereocenters. The zero-order chi connectivity index (χ0) is 11.6. The lowest BCUT2D eigenvalue weighted by atomic mass is 10.1. The van der Waals surface area contributed by atoms with E-state index in [0.717, 1.165) is 4.57 Å². The highest BCUT2D eigenvalue weighted by atomic mass is 16.3. The van der Waals surface area contributed by atoms with Crippen LogP contribution in [0.2, 0.25) is 0 Å². The predicted octanol–water partition coefficient (Wildman–Crippen LogP) is 1.15. The van der Waals surface area contributed by atoms with E-state index in [1.54, 1.807) is 13.0 Å². The number of rotatable bonds is 2. The molecule has 0 bridgehead atoms. The first-order chi connectivity index (χ1) is 7.08. The van der Waals surface area contributed by atoms with Gasteiger partial charge in [-0.2, -0.15) is 5.26 Å². The minimum atomic E-state index is -0.679. The van der Waals surface area contributed by atoms with Gasteiger partial charge < -0.3 is 5.11 Å². The Morgan fingerprint density at radius 2 is 2.20 bits per heavy atom. The zero-order valence-corrected chi connectivity index (χ0v) is 8.31. The van der Waals surface area contributed by atoms with Crippen LogP contribution in [0.3, 0.4) is 0 Å². The van der Waals surface area contributed by atoms with Crippen molar-refractivity contribution >= 4 is 5.69 Å². The van der Waals surface area contributed by atoms with E-state index in [1.165, 1.54) is 6.92 Å². The lowest BCUT2D eigenvalue weighted by Gasteiger charge is -2.09. The van der Waals surface area contributed by atoms with Gasteiger partial charge in [0, 0.05) is 12.1 Å². The van der Waals surface area contributed by atoms with E-state index in [4.69, 9.17) is 5.26 Å². The highest BCUT2D eigenvalue weighted by molar-refractivity contribution is 5.56. The minimum absolute atomic E-state index is 0.0916. The van der Waals surface area contributed by atoms with Gasteiger partial charge in [-0.15, -0.1) is 4.91 Å². The fraction of sp³-hybridized carbons (Fsp3) is 0.333. The summed E-state index contributed by atoms with van der Waals surface area (Å²) in [6.45, 7) is 3.19. The molecule has 0 aliphatic rings. The maximum absolute atomic E-state index is 11.5. The van der Waals surface area contributed by atoms with Gasteiger partial charge in [0.25, 0.3) is 5.56 Å². The van der Waals surface area contributed by atoms with Crippen LogP contribution in [0.1, 0.15) is 18.1 Å². The van der Waals surface area contributed by atoms with Gasteiger partial charge in [-0.05, 0) is 19.0 Å². The van der Waals surface area contributed by atoms with Crippen LogP contribution in [-0.4, -0.2) is 9.67 Å². The standard InChI is InChI=1S/C9H9N3O3/c1-3-12-8(13)6(4-10)5(2)7(11-15)9(12)14/h13H,3H2,1-2H3. The lowest BCUT2D eigenvalue weighted by Crippen LogP contribution is -2.20. The van der Waals surface area contributed by atoms with Crippen molar-refractivity contribution in [2.24, 2.45) is 5.18 Å². The first-order valence-corrected chi connectivity index (χ1v) is 4.28. The molecule has 0 spiro atoms. The van der Waals surface area contributed by atoms with Gasteiger partial charge in [-0.3, -0.25) is 9.36 Å². The molecule has 0 radical (unpaired) electrons. The van der Waals surface area contributed by atoms with Crippen LogP contribution in [0.5, 0.6) is 5.88 Å². The quantitative estimate of drug-likeness (QED) is 0.735. The van der Waals surface area contributed by atoms with Crippen molar-refractivity contribution in [1.82, 2.24) is 4.57 Å². The van der Waals surface area contributed by atoms with E-state index in [0.29, 0.717) is 0 Å². The Labute approximate surface area is 85.4 Å². The Morgan fingerprint density at radius 1 is 1.60 bits per heavy atom. The topological polar surface area (TPSA) is 95.4 Å². The third-order valence-electron chi connectivity index (χ3n) is 2.18. The molecule has 1 aromatic heterocycles. The van der Waals surface area contributed by atoms with E-state index < -0.39 is 11.4 Å². The molecule has 0 amide bonds. The predicted molar refractivity (Wildman–Crippen MR) is 52.9 cm³/mol. The second-order valence-electron chi connectivity index (χ2n) is 2.92. The monoisotopic (exact) mass is 207 g/mol. The molecule has 0 aromatic carbocycles. The Hall–Kier alpha value is -2.16. The summed E-state index contributed by atoms with van der Waals surface area (Å²) in [7, 11) is 0. The molecule has 0 saturated heterocycles. The SMILES string of the molecule is CCn1c(O)c(C#N)c(C)c(N=O)c1=O. The molecule has 0 aliphatic heterocycles. The summed E-state index contributed by atoms with van der Waals surface area (Å²) in [6, 6.07) is 1.73. The molecule has 1 N–H and O–H groups in total. The number of hydrogen-bond acceptors (Lipinski definition) is 5. The van der Waals surface area contributed by atoms with Crippen molar-refractivity contribution in [2.75, 3.05) is 0 Å². The van der Waals surface area contributed by atoms with Crippen LogP contribution < -0.4 is 5.56 Å². The fourth-order valence-corrected chi connectivity index (χ4v) is 1.34. The number of aromatic nitrogens is 1. The van der Waals surface area contributed by atoms with Crippen LogP contribution >= 0.6 is 0 Å². The molecular weight excluding hydrogens is 198 g/mol. The Bertz CT molecular complexity index is 511. The first-order valence-electron chi connectivity index (χ1n) is 4.28. The van der Waals surface area contributed by atoms with Crippen molar-refractivity contribution in [3.63, 3.8) is 0 Å². The summed E-state index contributed by atoms with van der Waals surface area (Å²) in [5.74, 6) is -0.421. The van der Waals surface area contributed by atoms with Crippen molar-refractivity contribution in [1.29, 1.82) is 5.26 Å². The smallest absolute Gasteiger partial charge is 0.283 e. The van der Waals surface area contributed by atoms with Crippen LogP contribution in [0.15, 0.2) is 9.97 Å². The van der Waals surface area contributed by atoms with E-state index in [2.05, 4.69) is 5.18 Å². The molecule has 6 nitrogen and oxygen atoms in total. The van der Waals surface area contributed by atoms with Crippen molar-refractivity contribution in [3.8, 4) is 11.9 Å². The molecule has 0 atom stereocenters. The molecule has 0 aliphatic carbocycles. The molecule has 1 aromatic rings. The summed E-state index contributed by atoms with van der Waals surface area (Å²) in [6.07, 6.45) is 0. The minimum Gasteiger partial charge on any atom is -0.493 e. The van der Waals surface area contributed by atoms with Gasteiger partial charge in [0.05, 0.1) is 0 Å². The maximum Gasteiger partial charge on any atom is 0.283 e. The van der Waals surface area contributed by atoms with E-state index >= 15 is 0 Å². The van der Waals surface area contributed by atoms with Gasteiger partial charge in [-0.25, -0.2) is 0 Å². The molecule has 1 rings (SSSR count). The number of nitrogens with zero attached hydrogens (tertiary/aromatic N) is 3. The average molecular weight is 207 g/mol. The molecule has 1 heterocycles. The van der Waals surface area contributed by atoms with Gasteiger partial charge >= 0.3 is 0 Å². The van der Waals surface area contributed by atoms with Crippen molar-refractivity contribution in [2.45, 2.75) is 20.4 Å². The highest BCUT2D eigenvalue weighted by Gasteiger charge is 2.18. The highest BCUT2D eigenvalue weighted by Crippen LogP contribution is 2.24. The fourth-order valence-electron chi connectivity index (χ4n) is 1.34. The third kappa shape index (κ3) is 1.48. The normalized spacial score (nSPS) is 9.67. The Balaban J connectivity index is 3.83. The molecular formula is C9H9N3O3. The maximum atomic E-state index is 11.5. The van der Waals surface area contributed by atoms with E-state index in [1.807, 2.05) is 0 Å². The summed E-state index contributed by atoms with van der Waals surface area (Å²) >= 11 is 0. The van der Waals surface area contributed by atoms with E-state index in [-0.39, 0.29) is 23.4 Å². The molecule has 15 heavy (non-hydrogen) atoms. The Kier molecular flexibility index (Phi) is 2.85. The largest absolute Gasteiger partial charge is 0.493 e. The number of pyridine rings is 1. The number of nitriles is 1. The van der Waals surface area contributed by atoms with Crippen molar-refractivity contribution in [3.05, 3.63) is 26.4 Å². The summed E-state index contributed by atoms with van der Waals surface area (Å²) in [4.78, 5) is 22.0. The molecule has 0 fully saturated rings. The molecule has 0 saturated carbocycles. The van der Waals surface area contributed by atoms with E-state index in [9.17, 15) is 14.8 Å². The Morgan fingerprint density at radius 3 is 2.60 bits per heavy atom. The second kappa shape index (κ2) is 3.92. The van der Waals surface area contributed by atoms with Crippen LogP contribution in [0.4, 0.5) is 5.69 Å². The van der Waals surface area contributed by atoms with Gasteiger partial charge in [0.1, 0.15) is 11.6 Å². The lowest BCUT2D eigenvalue weighted by molar-refractivity contribution is 0.409. The summed E-state index contributed by atoms with van der Waals surface area (Å²) < 4.78 is 0.933. The number of hydrogen-bond donors (Lipinski definition) is 1. The number of aromatic hydroxyl groups is 1. The van der Waals surface area contributed by atoms with Gasteiger partial charge in [0.15, 0.2) is 5.69 Å². The number of nitroso groups, excluding NO2 is 1. The van der Waals surface area contributed by atoms with Gasteiger partial charge in [0.2, 0.25) is 5.88 Å². The first kappa shape index (κ1) is 10.9. The zero-order valence-electron chi connectivity index (χ0n) is 8.31.